The van der Waals surface area contributed by atoms with Crippen LogP contribution in [0.15, 0.2) is 74.9 Å². The largest absolute Gasteiger partial charge is 0.439 e. The number of fused-ring (bicyclic) bond motifs is 1. The number of ether oxygens (including phenoxy) is 1. The molecule has 236 valence electrons. The van der Waals surface area contributed by atoms with Gasteiger partial charge < -0.3 is 9.84 Å². The number of nitrogens with zero attached hydrogens (tertiary/aromatic N) is 4. The third kappa shape index (κ3) is 6.43. The monoisotopic (exact) mass is 611 g/mol. The maximum Gasteiger partial charge on any atom is 0.439 e. The molecular formula is C35H41N5O5. The summed E-state index contributed by atoms with van der Waals surface area (Å²) in [6.07, 6.45) is 7.13. The minimum absolute atomic E-state index is 0.0341. The summed E-state index contributed by atoms with van der Waals surface area (Å²) in [5.41, 5.74) is 5.05. The van der Waals surface area contributed by atoms with Gasteiger partial charge in [0, 0.05) is 29.7 Å². The summed E-state index contributed by atoms with van der Waals surface area (Å²) in [6.45, 7) is 8.02. The van der Waals surface area contributed by atoms with E-state index in [1.807, 2.05) is 51.5 Å². The van der Waals surface area contributed by atoms with Gasteiger partial charge in [-0.1, -0.05) is 67.0 Å². The summed E-state index contributed by atoms with van der Waals surface area (Å²) >= 11 is 0. The Morgan fingerprint density at radius 1 is 1.07 bits per heavy atom. The summed E-state index contributed by atoms with van der Waals surface area (Å²) < 4.78 is 14.8. The summed E-state index contributed by atoms with van der Waals surface area (Å²) in [7, 11) is 0. The lowest BCUT2D eigenvalue weighted by Gasteiger charge is -2.39. The van der Waals surface area contributed by atoms with Gasteiger partial charge in [0.2, 0.25) is 0 Å². The van der Waals surface area contributed by atoms with E-state index in [1.165, 1.54) is 0 Å². The summed E-state index contributed by atoms with van der Waals surface area (Å²) in [5.74, 6) is -0.219. The molecule has 3 heterocycles. The highest BCUT2D eigenvalue weighted by atomic mass is 16.5. The van der Waals surface area contributed by atoms with Crippen LogP contribution in [0, 0.1) is 0 Å². The van der Waals surface area contributed by atoms with Gasteiger partial charge in [-0.2, -0.15) is 5.10 Å². The molecule has 1 aliphatic carbocycles. The highest BCUT2D eigenvalue weighted by molar-refractivity contribution is 5.80. The van der Waals surface area contributed by atoms with Crippen LogP contribution in [0.1, 0.15) is 82.7 Å². The number of aryl methyl sites for hydroxylation is 1. The number of hydrogen-bond acceptors (Lipinski definition) is 7. The van der Waals surface area contributed by atoms with Crippen LogP contribution >= 0.6 is 0 Å². The van der Waals surface area contributed by atoms with Gasteiger partial charge in [0.25, 0.3) is 5.56 Å². The first kappa shape index (κ1) is 30.7. The van der Waals surface area contributed by atoms with Crippen LogP contribution < -0.4 is 11.3 Å². The third-order valence-corrected chi connectivity index (χ3v) is 8.86. The molecule has 0 aliphatic heterocycles. The van der Waals surface area contributed by atoms with Crippen molar-refractivity contribution in [2.75, 3.05) is 6.61 Å². The van der Waals surface area contributed by atoms with Crippen LogP contribution in [-0.4, -0.2) is 47.2 Å². The first-order valence-electron chi connectivity index (χ1n) is 15.8. The Bertz CT molecular complexity index is 1900. The molecule has 0 atom stereocenters. The Kier molecular flexibility index (Phi) is 8.37. The molecule has 0 spiro atoms. The molecule has 6 rings (SSSR count). The number of aliphatic hydroxyl groups is 1. The molecule has 5 aromatic rings. The molecular weight excluding hydrogens is 570 g/mol. The van der Waals surface area contributed by atoms with Crippen molar-refractivity contribution in [3.05, 3.63) is 98.5 Å². The first-order chi connectivity index (χ1) is 21.5. The Labute approximate surface area is 261 Å². The molecule has 3 aromatic heterocycles. The van der Waals surface area contributed by atoms with Gasteiger partial charge in [0.1, 0.15) is 5.65 Å². The maximum absolute atomic E-state index is 14.4. The molecule has 0 unspecified atom stereocenters. The lowest BCUT2D eigenvalue weighted by atomic mass is 9.83. The zero-order valence-electron chi connectivity index (χ0n) is 26.4. The van der Waals surface area contributed by atoms with Crippen molar-refractivity contribution >= 4 is 5.65 Å². The van der Waals surface area contributed by atoms with Crippen molar-refractivity contribution in [2.45, 2.75) is 89.9 Å². The number of aromatic nitrogens is 5. The van der Waals surface area contributed by atoms with E-state index in [2.05, 4.69) is 41.2 Å². The second-order valence-corrected chi connectivity index (χ2v) is 13.1. The second-order valence-electron chi connectivity index (χ2n) is 13.1. The second kappa shape index (κ2) is 12.3. The van der Waals surface area contributed by atoms with E-state index in [1.54, 1.807) is 20.0 Å². The zero-order chi connectivity index (χ0) is 31.8. The van der Waals surface area contributed by atoms with E-state index in [0.29, 0.717) is 12.2 Å². The van der Waals surface area contributed by atoms with E-state index < -0.39 is 11.4 Å². The highest BCUT2D eigenvalue weighted by Crippen LogP contribution is 2.38. The van der Waals surface area contributed by atoms with Crippen LogP contribution in [0.5, 0.6) is 0 Å². The number of rotatable bonds is 10. The maximum atomic E-state index is 14.4. The fraction of sp³-hybridized carbons (Fsp3) is 0.429. The van der Waals surface area contributed by atoms with Crippen LogP contribution in [0.4, 0.5) is 0 Å². The van der Waals surface area contributed by atoms with Gasteiger partial charge in [-0.15, -0.1) is 0 Å². The van der Waals surface area contributed by atoms with Crippen LogP contribution in [0.3, 0.4) is 0 Å². The topological polar surface area (TPSA) is 128 Å². The zero-order valence-corrected chi connectivity index (χ0v) is 26.4. The first-order valence-corrected chi connectivity index (χ1v) is 15.8. The Hall–Kier alpha value is -4.28. The fourth-order valence-electron chi connectivity index (χ4n) is 6.47. The fourth-order valence-corrected chi connectivity index (χ4v) is 6.47. The van der Waals surface area contributed by atoms with Crippen LogP contribution in [0.25, 0.3) is 28.2 Å². The molecule has 0 bridgehead atoms. The molecule has 10 nitrogen and oxygen atoms in total. The Morgan fingerprint density at radius 3 is 2.42 bits per heavy atom. The average Bonchev–Trinajstić information content (AvgIpc) is 3.68. The molecule has 10 heteroatoms. The van der Waals surface area contributed by atoms with E-state index in [-0.39, 0.29) is 23.8 Å². The van der Waals surface area contributed by atoms with Crippen LogP contribution in [0.2, 0.25) is 0 Å². The lowest BCUT2D eigenvalue weighted by molar-refractivity contribution is -0.117. The van der Waals surface area contributed by atoms with Gasteiger partial charge in [0.05, 0.1) is 29.7 Å². The number of H-pyrrole nitrogens is 1. The summed E-state index contributed by atoms with van der Waals surface area (Å²) in [5, 5.41) is 18.7. The van der Waals surface area contributed by atoms with Crippen LogP contribution in [-0.2, 0) is 17.6 Å². The van der Waals surface area contributed by atoms with Crippen molar-refractivity contribution in [1.29, 1.82) is 0 Å². The predicted octanol–water partition coefficient (Wildman–Crippen LogP) is 5.71. The number of nitrogens with one attached hydrogen (secondary N) is 1. The minimum Gasteiger partial charge on any atom is -0.388 e. The lowest BCUT2D eigenvalue weighted by Crippen LogP contribution is -2.41. The highest BCUT2D eigenvalue weighted by Gasteiger charge is 2.35. The van der Waals surface area contributed by atoms with Crippen molar-refractivity contribution in [1.82, 2.24) is 24.3 Å². The Balaban J connectivity index is 1.31. The SMILES string of the molecule is CCCc1c(Cc2ccc(-c3ccccc3-c3noc(=O)[nH]3)cc2)c(=O)n(C2CCC(C)(OCC(C)(C)O)CC2)c2ccnn12. The van der Waals surface area contributed by atoms with Gasteiger partial charge >= 0.3 is 5.76 Å². The van der Waals surface area contributed by atoms with Crippen molar-refractivity contribution < 1.29 is 14.4 Å². The molecule has 0 saturated heterocycles. The summed E-state index contributed by atoms with van der Waals surface area (Å²) in [6, 6.07) is 17.9. The smallest absolute Gasteiger partial charge is 0.388 e. The van der Waals surface area contributed by atoms with Gasteiger partial charge in [-0.3, -0.25) is 18.9 Å². The number of aromatic amines is 1. The molecule has 1 aliphatic rings. The molecule has 2 N–H and O–H groups in total. The van der Waals surface area contributed by atoms with E-state index in [0.717, 1.165) is 77.7 Å². The third-order valence-electron chi connectivity index (χ3n) is 8.86. The predicted molar refractivity (Wildman–Crippen MR) is 172 cm³/mol. The molecule has 1 saturated carbocycles. The number of hydrogen-bond donors (Lipinski definition) is 2. The normalized spacial score (nSPS) is 18.9. The van der Waals surface area contributed by atoms with Gasteiger partial charge in [0.15, 0.2) is 5.82 Å². The van der Waals surface area contributed by atoms with Crippen molar-refractivity contribution in [3.8, 4) is 22.5 Å². The molecule has 2 aromatic carbocycles. The quantitative estimate of drug-likeness (QED) is 0.207. The minimum atomic E-state index is -0.885. The van der Waals surface area contributed by atoms with E-state index >= 15 is 0 Å². The standard InChI is InChI=1S/C35H41N5O5/c1-5-8-29-28(21-23-11-13-24(14-12-23)26-9-6-7-10-27(26)31-37-33(42)45-38-31)32(41)39(30-17-20-36-40(29)30)25-15-18-35(4,19-16-25)44-22-34(2,3)43/h6-7,9-14,17,20,25,43H,5,8,15-16,18-19,21-22H2,1-4H3,(H,37,38,42). The number of benzene rings is 2. The molecule has 45 heavy (non-hydrogen) atoms. The summed E-state index contributed by atoms with van der Waals surface area (Å²) in [4.78, 5) is 28.6. The van der Waals surface area contributed by atoms with E-state index in [9.17, 15) is 14.7 Å². The van der Waals surface area contributed by atoms with E-state index in [4.69, 9.17) is 9.26 Å². The Morgan fingerprint density at radius 2 is 1.78 bits per heavy atom. The van der Waals surface area contributed by atoms with Crippen molar-refractivity contribution in [2.24, 2.45) is 0 Å². The average molecular weight is 612 g/mol. The molecule has 1 fully saturated rings. The molecule has 0 radical (unpaired) electrons. The molecule has 0 amide bonds. The van der Waals surface area contributed by atoms with Gasteiger partial charge in [-0.05, 0) is 69.6 Å². The van der Waals surface area contributed by atoms with Gasteiger partial charge in [-0.25, -0.2) is 9.31 Å². The van der Waals surface area contributed by atoms with Crippen molar-refractivity contribution in [3.63, 3.8) is 0 Å².